The van der Waals surface area contributed by atoms with Crippen LogP contribution >= 0.6 is 7.60 Å². The van der Waals surface area contributed by atoms with Crippen molar-refractivity contribution in [2.75, 3.05) is 13.3 Å². The highest BCUT2D eigenvalue weighted by molar-refractivity contribution is 7.52. The van der Waals surface area contributed by atoms with E-state index < -0.39 is 19.7 Å². The molecule has 1 unspecified atom stereocenters. The summed E-state index contributed by atoms with van der Waals surface area (Å²) >= 11 is 0. The second-order valence-corrected chi connectivity index (χ2v) is 5.87. The van der Waals surface area contributed by atoms with E-state index in [0.29, 0.717) is 12.3 Å². The lowest BCUT2D eigenvalue weighted by molar-refractivity contribution is 0.146. The average molecular weight is 225 g/mol. The molecular formula is C8H20NO4P. The fourth-order valence-corrected chi connectivity index (χ4v) is 2.04. The Bertz CT molecular complexity index is 210. The fraction of sp³-hybridized carbons (Fsp3) is 1.00. The van der Waals surface area contributed by atoms with E-state index in [2.05, 4.69) is 4.52 Å². The number of rotatable bonds is 6. The van der Waals surface area contributed by atoms with Crippen LogP contribution in [0, 0.1) is 5.92 Å². The van der Waals surface area contributed by atoms with Crippen molar-refractivity contribution >= 4 is 7.60 Å². The summed E-state index contributed by atoms with van der Waals surface area (Å²) in [7, 11) is -2.52. The molecule has 0 aliphatic rings. The Morgan fingerprint density at radius 2 is 2.00 bits per heavy atom. The Morgan fingerprint density at radius 1 is 1.50 bits per heavy atom. The largest absolute Gasteiger partial charge is 0.391 e. The van der Waals surface area contributed by atoms with Gasteiger partial charge in [-0.1, -0.05) is 13.8 Å². The molecule has 0 amide bonds. The predicted molar refractivity (Wildman–Crippen MR) is 55.1 cm³/mol. The van der Waals surface area contributed by atoms with Gasteiger partial charge in [-0.15, -0.1) is 0 Å². The molecule has 0 saturated carbocycles. The van der Waals surface area contributed by atoms with Crippen molar-refractivity contribution in [2.45, 2.75) is 32.4 Å². The standard InChI is InChI=1S/C8H20NO4P/c1-6(2)4-7(9)8(10)5-14(11,12)13-3/h6-8,10H,4-5,9H2,1-3H3,(H,11,12)/t7-,8-/m1/s1. The topological polar surface area (TPSA) is 92.8 Å². The smallest absolute Gasteiger partial charge is 0.330 e. The van der Waals surface area contributed by atoms with Gasteiger partial charge in [0.05, 0.1) is 12.3 Å². The second kappa shape index (κ2) is 5.83. The van der Waals surface area contributed by atoms with Crippen molar-refractivity contribution in [1.82, 2.24) is 0 Å². The zero-order chi connectivity index (χ0) is 11.4. The first-order chi connectivity index (χ1) is 6.28. The average Bonchev–Trinajstić information content (AvgIpc) is 2.02. The van der Waals surface area contributed by atoms with Gasteiger partial charge in [0, 0.05) is 13.2 Å². The van der Waals surface area contributed by atoms with E-state index >= 15 is 0 Å². The van der Waals surface area contributed by atoms with Gasteiger partial charge in [-0.25, -0.2) is 0 Å². The molecule has 4 N–H and O–H groups in total. The summed E-state index contributed by atoms with van der Waals surface area (Å²) in [5, 5.41) is 9.50. The number of nitrogens with two attached hydrogens (primary N) is 1. The Labute approximate surface area is 84.8 Å². The molecule has 5 nitrogen and oxygen atoms in total. The molecule has 14 heavy (non-hydrogen) atoms. The molecule has 0 aromatic carbocycles. The van der Waals surface area contributed by atoms with Gasteiger partial charge in [0.15, 0.2) is 0 Å². The molecule has 0 saturated heterocycles. The summed E-state index contributed by atoms with van der Waals surface area (Å²) in [4.78, 5) is 9.09. The van der Waals surface area contributed by atoms with Gasteiger partial charge < -0.3 is 20.3 Å². The molecule has 0 spiro atoms. The molecule has 86 valence electrons. The van der Waals surface area contributed by atoms with E-state index in [9.17, 15) is 9.67 Å². The monoisotopic (exact) mass is 225 g/mol. The van der Waals surface area contributed by atoms with Crippen LogP contribution in [0.4, 0.5) is 0 Å². The van der Waals surface area contributed by atoms with Gasteiger partial charge >= 0.3 is 7.60 Å². The number of aliphatic hydroxyl groups is 1. The highest BCUT2D eigenvalue weighted by Crippen LogP contribution is 2.41. The van der Waals surface area contributed by atoms with Crippen LogP contribution in [0.25, 0.3) is 0 Å². The molecule has 0 radical (unpaired) electrons. The van der Waals surface area contributed by atoms with Crippen LogP contribution < -0.4 is 5.73 Å². The normalized spacial score (nSPS) is 20.5. The van der Waals surface area contributed by atoms with E-state index in [1.54, 1.807) is 0 Å². The van der Waals surface area contributed by atoms with Crippen LogP contribution in [0.2, 0.25) is 0 Å². The minimum absolute atomic E-state index is 0.308. The number of hydrogen-bond donors (Lipinski definition) is 3. The summed E-state index contributed by atoms with van der Waals surface area (Å²) in [6.45, 7) is 3.95. The van der Waals surface area contributed by atoms with Gasteiger partial charge in [-0.2, -0.15) is 0 Å². The fourth-order valence-electron chi connectivity index (χ4n) is 1.15. The molecule has 3 atom stereocenters. The van der Waals surface area contributed by atoms with Crippen molar-refractivity contribution in [1.29, 1.82) is 0 Å². The molecule has 0 aromatic heterocycles. The van der Waals surface area contributed by atoms with E-state index in [0.717, 1.165) is 7.11 Å². The van der Waals surface area contributed by atoms with Crippen LogP contribution in [0.1, 0.15) is 20.3 Å². The molecule has 0 aliphatic carbocycles. The summed E-state index contributed by atoms with van der Waals surface area (Å²) in [6.07, 6.45) is -0.685. The summed E-state index contributed by atoms with van der Waals surface area (Å²) in [6, 6.07) is -0.481. The Hall–Kier alpha value is 0.0700. The van der Waals surface area contributed by atoms with Crippen LogP contribution in [-0.4, -0.2) is 35.4 Å². The van der Waals surface area contributed by atoms with Gasteiger partial charge in [0.2, 0.25) is 0 Å². The first-order valence-electron chi connectivity index (χ1n) is 4.59. The van der Waals surface area contributed by atoms with E-state index in [1.807, 2.05) is 13.8 Å². The van der Waals surface area contributed by atoms with Gasteiger partial charge in [-0.05, 0) is 12.3 Å². The van der Waals surface area contributed by atoms with Crippen molar-refractivity contribution in [3.63, 3.8) is 0 Å². The third-order valence-corrected chi connectivity index (χ3v) is 3.35. The first-order valence-corrected chi connectivity index (χ1v) is 6.36. The van der Waals surface area contributed by atoms with Crippen LogP contribution in [-0.2, 0) is 9.09 Å². The molecule has 0 bridgehead atoms. The quantitative estimate of drug-likeness (QED) is 0.574. The lowest BCUT2D eigenvalue weighted by Crippen LogP contribution is -2.38. The van der Waals surface area contributed by atoms with Crippen molar-refractivity contribution in [2.24, 2.45) is 11.7 Å². The van der Waals surface area contributed by atoms with Crippen LogP contribution in [0.15, 0.2) is 0 Å². The SMILES string of the molecule is COP(=O)(O)C[C@@H](O)[C@H](N)CC(C)C. The Kier molecular flexibility index (Phi) is 5.86. The zero-order valence-electron chi connectivity index (χ0n) is 8.88. The molecule has 6 heteroatoms. The maximum Gasteiger partial charge on any atom is 0.330 e. The zero-order valence-corrected chi connectivity index (χ0v) is 9.78. The molecular weight excluding hydrogens is 205 g/mol. The predicted octanol–water partition coefficient (Wildman–Crippen LogP) is 0.552. The van der Waals surface area contributed by atoms with Crippen molar-refractivity contribution in [3.05, 3.63) is 0 Å². The minimum Gasteiger partial charge on any atom is -0.391 e. The number of aliphatic hydroxyl groups excluding tert-OH is 1. The molecule has 0 fully saturated rings. The van der Waals surface area contributed by atoms with Crippen molar-refractivity contribution in [3.8, 4) is 0 Å². The second-order valence-electron chi connectivity index (χ2n) is 3.86. The Morgan fingerprint density at radius 3 is 2.36 bits per heavy atom. The van der Waals surface area contributed by atoms with E-state index in [4.69, 9.17) is 10.6 Å². The van der Waals surface area contributed by atoms with Crippen LogP contribution in [0.3, 0.4) is 0 Å². The lowest BCUT2D eigenvalue weighted by Gasteiger charge is -2.21. The Balaban J connectivity index is 4.07. The van der Waals surface area contributed by atoms with Gasteiger partial charge in [-0.3, -0.25) is 4.57 Å². The number of hydrogen-bond acceptors (Lipinski definition) is 4. The van der Waals surface area contributed by atoms with E-state index in [1.165, 1.54) is 0 Å². The highest BCUT2D eigenvalue weighted by atomic mass is 31.2. The molecule has 0 aromatic rings. The lowest BCUT2D eigenvalue weighted by atomic mass is 10.0. The maximum atomic E-state index is 11.1. The third kappa shape index (κ3) is 5.73. The van der Waals surface area contributed by atoms with Crippen molar-refractivity contribution < 1.29 is 19.1 Å². The molecule has 0 heterocycles. The van der Waals surface area contributed by atoms with Gasteiger partial charge in [0.1, 0.15) is 0 Å². The summed E-state index contributed by atoms with van der Waals surface area (Å²) < 4.78 is 15.5. The van der Waals surface area contributed by atoms with Gasteiger partial charge in [0.25, 0.3) is 0 Å². The van der Waals surface area contributed by atoms with E-state index in [-0.39, 0.29) is 6.16 Å². The third-order valence-electron chi connectivity index (χ3n) is 1.94. The minimum atomic E-state index is -3.66. The first kappa shape index (κ1) is 14.1. The molecule has 0 rings (SSSR count). The molecule has 0 aliphatic heterocycles. The maximum absolute atomic E-state index is 11.1. The highest BCUT2D eigenvalue weighted by Gasteiger charge is 2.26. The summed E-state index contributed by atoms with van der Waals surface area (Å²) in [5.41, 5.74) is 5.64. The van der Waals surface area contributed by atoms with Crippen LogP contribution in [0.5, 0.6) is 0 Å². The summed E-state index contributed by atoms with van der Waals surface area (Å²) in [5.74, 6) is 0.347.